The van der Waals surface area contributed by atoms with Gasteiger partial charge in [0.25, 0.3) is 0 Å². The van der Waals surface area contributed by atoms with Gasteiger partial charge in [0.15, 0.2) is 0 Å². The number of hydrogen-bond donors (Lipinski definition) is 1. The molecular formula is C13H16N6OS2. The number of carbonyl (C=O) groups excluding carboxylic acids is 1. The highest BCUT2D eigenvalue weighted by atomic mass is 32.1. The zero-order chi connectivity index (χ0) is 15.1. The quantitative estimate of drug-likeness (QED) is 0.906. The molecule has 0 aromatic carbocycles. The van der Waals surface area contributed by atoms with Gasteiger partial charge in [0.1, 0.15) is 0 Å². The van der Waals surface area contributed by atoms with E-state index in [1.54, 1.807) is 11.3 Å². The van der Waals surface area contributed by atoms with Gasteiger partial charge in [-0.3, -0.25) is 4.79 Å². The molecule has 0 spiro atoms. The van der Waals surface area contributed by atoms with Crippen molar-refractivity contribution in [2.24, 2.45) is 5.92 Å². The number of thiazole rings is 1. The highest BCUT2D eigenvalue weighted by molar-refractivity contribution is 7.18. The molecule has 2 aromatic rings. The van der Waals surface area contributed by atoms with Crippen LogP contribution in [0.25, 0.3) is 0 Å². The Bertz CT molecular complexity index is 672. The van der Waals surface area contributed by atoms with Crippen LogP contribution in [0, 0.1) is 5.92 Å². The number of nitrogen functional groups attached to an aromatic ring is 1. The number of piperidine rings is 1. The van der Waals surface area contributed by atoms with Crippen LogP contribution in [0.2, 0.25) is 0 Å². The minimum absolute atomic E-state index is 0.0301. The number of amides is 1. The van der Waals surface area contributed by atoms with Gasteiger partial charge in [0.05, 0.1) is 23.7 Å². The first-order chi connectivity index (χ1) is 10.7. The first-order valence-corrected chi connectivity index (χ1v) is 8.98. The number of nitrogens with zero attached hydrogens (tertiary/aromatic N) is 5. The summed E-state index contributed by atoms with van der Waals surface area (Å²) in [6, 6.07) is 0.207. The summed E-state index contributed by atoms with van der Waals surface area (Å²) in [4.78, 5) is 21.2. The van der Waals surface area contributed by atoms with Crippen molar-refractivity contribution in [2.45, 2.75) is 25.4 Å². The van der Waals surface area contributed by atoms with E-state index in [1.165, 1.54) is 11.3 Å². The number of carbonyl (C=O) groups is 1. The molecule has 0 saturated carbocycles. The Kier molecular flexibility index (Phi) is 3.45. The average molecular weight is 336 g/mol. The molecule has 2 N–H and O–H groups in total. The van der Waals surface area contributed by atoms with Gasteiger partial charge in [-0.2, -0.15) is 0 Å². The van der Waals surface area contributed by atoms with Crippen molar-refractivity contribution in [2.75, 3.05) is 23.7 Å². The van der Waals surface area contributed by atoms with Gasteiger partial charge in [-0.05, 0) is 12.8 Å². The molecule has 1 amide bonds. The Morgan fingerprint density at radius 1 is 1.32 bits per heavy atom. The number of nitrogens with two attached hydrogens (primary N) is 1. The van der Waals surface area contributed by atoms with E-state index in [1.807, 2.05) is 15.8 Å². The van der Waals surface area contributed by atoms with Gasteiger partial charge >= 0.3 is 0 Å². The fourth-order valence-electron chi connectivity index (χ4n) is 3.25. The minimum atomic E-state index is 0.0301. The van der Waals surface area contributed by atoms with E-state index in [-0.39, 0.29) is 17.9 Å². The summed E-state index contributed by atoms with van der Waals surface area (Å²) in [5.74, 6) is 0.270. The Morgan fingerprint density at radius 2 is 2.23 bits per heavy atom. The molecule has 0 aliphatic carbocycles. The van der Waals surface area contributed by atoms with Gasteiger partial charge < -0.3 is 15.5 Å². The normalized spacial score (nSPS) is 24.8. The Morgan fingerprint density at radius 3 is 2.95 bits per heavy atom. The lowest BCUT2D eigenvalue weighted by Gasteiger charge is -2.35. The predicted octanol–water partition coefficient (Wildman–Crippen LogP) is 1.20. The standard InChI is InChI=1S/C13H16N6OS2/c14-12-16-17-13(22-12)18-3-8-1-2-10(5-18)19(11(8)20)4-9-6-21-7-15-9/h6-8,10H,1-5H2,(H2,14,16)/t8-,10+/m0/s1. The van der Waals surface area contributed by atoms with Crippen LogP contribution in [0.3, 0.4) is 0 Å². The molecule has 3 saturated heterocycles. The number of aromatic nitrogens is 3. The van der Waals surface area contributed by atoms with E-state index in [4.69, 9.17) is 5.73 Å². The third kappa shape index (κ3) is 2.44. The second-order valence-corrected chi connectivity index (χ2v) is 7.41. The lowest BCUT2D eigenvalue weighted by atomic mass is 9.94. The minimum Gasteiger partial charge on any atom is -0.374 e. The van der Waals surface area contributed by atoms with E-state index in [0.29, 0.717) is 18.2 Å². The number of rotatable bonds is 3. The topological polar surface area (TPSA) is 88.2 Å². The lowest BCUT2D eigenvalue weighted by molar-refractivity contribution is -0.140. The van der Waals surface area contributed by atoms with Crippen molar-refractivity contribution in [3.05, 3.63) is 16.6 Å². The second kappa shape index (κ2) is 5.47. The van der Waals surface area contributed by atoms with E-state index in [2.05, 4.69) is 20.1 Å². The van der Waals surface area contributed by atoms with Crippen molar-refractivity contribution in [1.82, 2.24) is 20.1 Å². The fourth-order valence-corrected chi connectivity index (χ4v) is 4.43. The number of hydrogen-bond acceptors (Lipinski definition) is 8. The SMILES string of the molecule is Nc1nnc(N2C[C@@H]3CC[C@H](C2)N(Cc2cscn2)C3=O)s1. The van der Waals surface area contributed by atoms with Gasteiger partial charge in [-0.15, -0.1) is 21.5 Å². The molecule has 22 heavy (non-hydrogen) atoms. The highest BCUT2D eigenvalue weighted by Crippen LogP contribution is 2.33. The van der Waals surface area contributed by atoms with Crippen LogP contribution in [0.15, 0.2) is 10.9 Å². The summed E-state index contributed by atoms with van der Waals surface area (Å²) in [6.45, 7) is 2.11. The second-order valence-electron chi connectivity index (χ2n) is 5.70. The fraction of sp³-hybridized carbons (Fsp3) is 0.538. The summed E-state index contributed by atoms with van der Waals surface area (Å²) in [7, 11) is 0. The summed E-state index contributed by atoms with van der Waals surface area (Å²) >= 11 is 2.95. The molecule has 3 fully saturated rings. The Balaban J connectivity index is 1.58. The van der Waals surface area contributed by atoms with Gasteiger partial charge in [0, 0.05) is 24.5 Å². The predicted molar refractivity (Wildman–Crippen MR) is 85.7 cm³/mol. The highest BCUT2D eigenvalue weighted by Gasteiger charge is 2.41. The molecule has 7 nitrogen and oxygen atoms in total. The van der Waals surface area contributed by atoms with Crippen LogP contribution < -0.4 is 10.6 Å². The molecule has 0 unspecified atom stereocenters. The van der Waals surface area contributed by atoms with Crippen molar-refractivity contribution in [1.29, 1.82) is 0 Å². The molecular weight excluding hydrogens is 320 g/mol. The van der Waals surface area contributed by atoms with Crippen LogP contribution in [-0.2, 0) is 11.3 Å². The average Bonchev–Trinajstić information content (AvgIpc) is 3.09. The Labute approximate surface area is 135 Å². The first-order valence-electron chi connectivity index (χ1n) is 7.22. The summed E-state index contributed by atoms with van der Waals surface area (Å²) in [5, 5.41) is 11.3. The summed E-state index contributed by atoms with van der Waals surface area (Å²) in [5.41, 5.74) is 8.47. The molecule has 116 valence electrons. The molecule has 5 heterocycles. The van der Waals surface area contributed by atoms with Crippen LogP contribution in [0.5, 0.6) is 0 Å². The number of fused-ring (bicyclic) bond motifs is 4. The van der Waals surface area contributed by atoms with Gasteiger partial charge in [0.2, 0.25) is 16.2 Å². The maximum Gasteiger partial charge on any atom is 0.228 e. The smallest absolute Gasteiger partial charge is 0.228 e. The molecule has 3 aliphatic heterocycles. The van der Waals surface area contributed by atoms with Crippen LogP contribution in [0.1, 0.15) is 18.5 Å². The maximum atomic E-state index is 12.7. The maximum absolute atomic E-state index is 12.7. The van der Waals surface area contributed by atoms with E-state index in [0.717, 1.165) is 30.2 Å². The summed E-state index contributed by atoms with van der Waals surface area (Å²) in [6.07, 6.45) is 1.98. The van der Waals surface area contributed by atoms with E-state index < -0.39 is 0 Å². The zero-order valence-electron chi connectivity index (χ0n) is 11.9. The van der Waals surface area contributed by atoms with Gasteiger partial charge in [-0.25, -0.2) is 4.98 Å². The molecule has 2 bridgehead atoms. The van der Waals surface area contributed by atoms with Crippen molar-refractivity contribution >= 4 is 38.8 Å². The first kappa shape index (κ1) is 13.9. The number of anilines is 2. The van der Waals surface area contributed by atoms with Crippen molar-refractivity contribution in [3.63, 3.8) is 0 Å². The molecule has 2 aromatic heterocycles. The van der Waals surface area contributed by atoms with E-state index in [9.17, 15) is 4.79 Å². The van der Waals surface area contributed by atoms with Crippen LogP contribution >= 0.6 is 22.7 Å². The monoisotopic (exact) mass is 336 g/mol. The van der Waals surface area contributed by atoms with Crippen LogP contribution in [0.4, 0.5) is 10.3 Å². The molecule has 9 heteroatoms. The van der Waals surface area contributed by atoms with Crippen LogP contribution in [-0.4, -0.2) is 45.1 Å². The van der Waals surface area contributed by atoms with Gasteiger partial charge in [-0.1, -0.05) is 11.3 Å². The Hall–Kier alpha value is -1.74. The van der Waals surface area contributed by atoms with E-state index >= 15 is 0 Å². The largest absolute Gasteiger partial charge is 0.374 e. The molecule has 0 radical (unpaired) electrons. The zero-order valence-corrected chi connectivity index (χ0v) is 13.5. The lowest BCUT2D eigenvalue weighted by Crippen LogP contribution is -2.47. The third-order valence-corrected chi connectivity index (χ3v) is 5.76. The molecule has 5 rings (SSSR count). The molecule has 2 atom stereocenters. The third-order valence-electron chi connectivity index (χ3n) is 4.31. The molecule has 3 aliphatic rings. The van der Waals surface area contributed by atoms with Crippen molar-refractivity contribution < 1.29 is 4.79 Å². The summed E-state index contributed by atoms with van der Waals surface area (Å²) < 4.78 is 0. The van der Waals surface area contributed by atoms with Crippen molar-refractivity contribution in [3.8, 4) is 0 Å².